The quantitative estimate of drug-likeness (QED) is 0.0368. The lowest BCUT2D eigenvalue weighted by atomic mass is 10.0. The summed E-state index contributed by atoms with van der Waals surface area (Å²) in [7, 11) is 2.98. The van der Waals surface area contributed by atoms with Crippen LogP contribution in [-0.4, -0.2) is 37.4 Å². The van der Waals surface area contributed by atoms with Gasteiger partial charge >= 0.3 is 0 Å². The molecule has 0 aliphatic rings. The highest BCUT2D eigenvalue weighted by Gasteiger charge is 2.03. The van der Waals surface area contributed by atoms with Crippen LogP contribution in [0.4, 0.5) is 11.4 Å². The van der Waals surface area contributed by atoms with Gasteiger partial charge in [0.05, 0.1) is 24.2 Å². The average molecular weight is 860 g/mol. The van der Waals surface area contributed by atoms with Crippen LogP contribution in [0.25, 0.3) is 34.4 Å². The third-order valence-corrected chi connectivity index (χ3v) is 9.11. The van der Waals surface area contributed by atoms with Gasteiger partial charge in [-0.1, -0.05) is 138 Å². The molecule has 0 saturated heterocycles. The number of hydrogen-bond acceptors (Lipinski definition) is 7. The van der Waals surface area contributed by atoms with Gasteiger partial charge in [-0.05, 0) is 113 Å². The molecule has 0 aliphatic heterocycles. The van der Waals surface area contributed by atoms with E-state index in [1.54, 1.807) is 50.5 Å². The number of carbonyl (C=O) groups excluding carboxylic acids is 1. The Morgan fingerprint density at radius 3 is 1.20 bits per heavy atom. The summed E-state index contributed by atoms with van der Waals surface area (Å²) in [5, 5.41) is 5.29. The molecule has 0 aromatic heterocycles. The van der Waals surface area contributed by atoms with E-state index in [1.165, 1.54) is 7.11 Å². The Morgan fingerprint density at radius 1 is 0.550 bits per heavy atom. The molecule has 9 nitrogen and oxygen atoms in total. The molecule has 0 unspecified atom stereocenters. The van der Waals surface area contributed by atoms with Crippen molar-refractivity contribution in [3.8, 4) is 22.3 Å². The molecule has 0 heterocycles. The van der Waals surface area contributed by atoms with Gasteiger partial charge in [-0.2, -0.15) is 0 Å². The Balaban J connectivity index is 0.000000243. The van der Waals surface area contributed by atoms with Gasteiger partial charge < -0.3 is 16.3 Å². The fourth-order valence-corrected chi connectivity index (χ4v) is 5.58. The smallest absolute Gasteiger partial charge is 0.159 e. The van der Waals surface area contributed by atoms with Crippen LogP contribution in [0.5, 0.6) is 0 Å². The molecule has 0 fully saturated rings. The third kappa shape index (κ3) is 15.8. The molecule has 6 aromatic carbocycles. The topological polar surface area (TPSA) is 137 Å². The lowest BCUT2D eigenvalue weighted by Crippen LogP contribution is -2.06. The lowest BCUT2D eigenvalue weighted by Gasteiger charge is -2.05. The molecule has 6 aromatic rings. The molecule has 12 heteroatoms. The van der Waals surface area contributed by atoms with Gasteiger partial charge in [0.2, 0.25) is 0 Å². The van der Waals surface area contributed by atoms with E-state index in [1.807, 2.05) is 121 Å². The van der Waals surface area contributed by atoms with Crippen molar-refractivity contribution in [2.24, 2.45) is 26.6 Å². The SMILES string of the molecule is CC(=O)c1ccc(-c2ccc(/C=C/C(N)=Nc3ccc(Cl)cc3)cc2)cc1.CO/N=C(\C)c1ccc(-c2ccc(/C=C/C(N)=Nc3ccc(Cl)cc3)cc2)cc1.CONCl. The van der Waals surface area contributed by atoms with Crippen molar-refractivity contribution < 1.29 is 14.5 Å². The van der Waals surface area contributed by atoms with Crippen LogP contribution in [-0.2, 0) is 9.68 Å². The second-order valence-corrected chi connectivity index (χ2v) is 13.8. The van der Waals surface area contributed by atoms with E-state index in [4.69, 9.17) is 51.3 Å². The van der Waals surface area contributed by atoms with Crippen molar-refractivity contribution >= 4 is 81.7 Å². The Kier molecular flexibility index (Phi) is 19.0. The monoisotopic (exact) mass is 858 g/mol. The molecule has 0 spiro atoms. The van der Waals surface area contributed by atoms with Gasteiger partial charge in [-0.25, -0.2) is 9.98 Å². The second-order valence-electron chi connectivity index (χ2n) is 12.8. The maximum Gasteiger partial charge on any atom is 0.159 e. The van der Waals surface area contributed by atoms with E-state index < -0.39 is 0 Å². The molecule has 0 aliphatic carbocycles. The van der Waals surface area contributed by atoms with Gasteiger partial charge in [0.1, 0.15) is 18.8 Å². The maximum atomic E-state index is 11.4. The zero-order chi connectivity index (χ0) is 43.3. The molecule has 60 heavy (non-hydrogen) atoms. The maximum absolute atomic E-state index is 11.4. The average Bonchev–Trinajstić information content (AvgIpc) is 3.27. The largest absolute Gasteiger partial charge is 0.399 e. The highest BCUT2D eigenvalue weighted by Crippen LogP contribution is 2.23. The Bertz CT molecular complexity index is 2410. The first kappa shape index (κ1) is 46.4. The standard InChI is InChI=1S/C24H22ClN3O.C23H19ClN2O.CH4ClNO/c1-17(28-29-2)19-8-10-21(11-9-19)20-6-3-18(4-7-20)5-16-24(26)27-23-14-12-22(25)13-15-23;1-16(27)18-7-9-20(10-8-18)19-5-2-17(3-6-19)4-15-23(25)26-22-13-11-21(24)12-14-22;1-4-3-2/h3-16H,1-2H3,(H2,26,27);2-15H,1H3,(H2,25,26);3H,1H3/b16-5+,28-17+;15-4+;. The molecule has 6 rings (SSSR count). The Hall–Kier alpha value is -6.33. The minimum Gasteiger partial charge on any atom is -0.399 e. The van der Waals surface area contributed by atoms with Crippen molar-refractivity contribution in [2.45, 2.75) is 13.8 Å². The van der Waals surface area contributed by atoms with E-state index in [2.05, 4.69) is 44.2 Å². The van der Waals surface area contributed by atoms with Crippen LogP contribution >= 0.6 is 35.0 Å². The van der Waals surface area contributed by atoms with Crippen molar-refractivity contribution in [1.82, 2.24) is 5.00 Å². The summed E-state index contributed by atoms with van der Waals surface area (Å²) in [4.78, 5) is 30.8. The van der Waals surface area contributed by atoms with Gasteiger partial charge in [-0.15, -0.1) is 5.00 Å². The number of carbonyl (C=O) groups is 1. The number of nitrogens with zero attached hydrogens (tertiary/aromatic N) is 3. The van der Waals surface area contributed by atoms with Gasteiger partial charge in [0.15, 0.2) is 5.78 Å². The number of halogens is 3. The summed E-state index contributed by atoms with van der Waals surface area (Å²) in [6.07, 6.45) is 7.41. The molecule has 0 radical (unpaired) electrons. The fraction of sp³-hybridized carbons (Fsp3) is 0.0833. The molecular weight excluding hydrogens is 815 g/mol. The number of hydrogen-bond donors (Lipinski definition) is 3. The highest BCUT2D eigenvalue weighted by atomic mass is 35.5. The molecule has 0 saturated carbocycles. The Morgan fingerprint density at radius 2 is 0.883 bits per heavy atom. The molecular formula is C48H45Cl3N6O3. The predicted molar refractivity (Wildman–Crippen MR) is 253 cm³/mol. The zero-order valence-corrected chi connectivity index (χ0v) is 35.8. The molecule has 0 atom stereocenters. The second kappa shape index (κ2) is 24.6. The van der Waals surface area contributed by atoms with Crippen LogP contribution in [0.15, 0.2) is 173 Å². The molecule has 5 N–H and O–H groups in total. The van der Waals surface area contributed by atoms with E-state index in [0.29, 0.717) is 27.3 Å². The number of amidine groups is 2. The first-order chi connectivity index (χ1) is 29.0. The molecule has 0 amide bonds. The van der Waals surface area contributed by atoms with Crippen LogP contribution in [0.3, 0.4) is 0 Å². The lowest BCUT2D eigenvalue weighted by molar-refractivity contribution is 0.101. The number of oxime groups is 1. The number of ketones is 1. The first-order valence-corrected chi connectivity index (χ1v) is 19.6. The minimum absolute atomic E-state index is 0.0693. The summed E-state index contributed by atoms with van der Waals surface area (Å²) < 4.78 is 0. The minimum atomic E-state index is 0.0693. The van der Waals surface area contributed by atoms with Crippen molar-refractivity contribution in [3.05, 3.63) is 190 Å². The van der Waals surface area contributed by atoms with Gasteiger partial charge in [0.25, 0.3) is 0 Å². The number of rotatable bonds is 12. The third-order valence-electron chi connectivity index (χ3n) is 8.45. The molecule has 0 bridgehead atoms. The van der Waals surface area contributed by atoms with Crippen LogP contribution < -0.4 is 16.5 Å². The van der Waals surface area contributed by atoms with E-state index in [0.717, 1.165) is 56.0 Å². The predicted octanol–water partition coefficient (Wildman–Crippen LogP) is 12.3. The highest BCUT2D eigenvalue weighted by molar-refractivity contribution is 6.31. The van der Waals surface area contributed by atoms with Crippen LogP contribution in [0, 0.1) is 0 Å². The number of nitrogens with one attached hydrogen (secondary N) is 1. The normalized spacial score (nSPS) is 11.8. The number of aliphatic imine (C=N–C) groups is 2. The molecule has 306 valence electrons. The van der Waals surface area contributed by atoms with E-state index in [9.17, 15) is 4.79 Å². The van der Waals surface area contributed by atoms with Crippen LogP contribution in [0.1, 0.15) is 40.9 Å². The van der Waals surface area contributed by atoms with Crippen molar-refractivity contribution in [1.29, 1.82) is 0 Å². The van der Waals surface area contributed by atoms with E-state index >= 15 is 0 Å². The number of nitrogens with two attached hydrogens (primary N) is 2. The van der Waals surface area contributed by atoms with Gasteiger partial charge in [-0.3, -0.25) is 9.63 Å². The van der Waals surface area contributed by atoms with Crippen molar-refractivity contribution in [2.75, 3.05) is 14.2 Å². The van der Waals surface area contributed by atoms with Crippen LogP contribution in [0.2, 0.25) is 10.0 Å². The number of benzene rings is 6. The summed E-state index contributed by atoms with van der Waals surface area (Å²) in [6, 6.07) is 46.6. The summed E-state index contributed by atoms with van der Waals surface area (Å²) >= 11 is 16.4. The summed E-state index contributed by atoms with van der Waals surface area (Å²) in [5.74, 6) is 0.918. The first-order valence-electron chi connectivity index (χ1n) is 18.4. The van der Waals surface area contributed by atoms with Gasteiger partial charge in [0, 0.05) is 27.4 Å². The van der Waals surface area contributed by atoms with Crippen molar-refractivity contribution in [3.63, 3.8) is 0 Å². The number of Topliss-reactive ketones (excluding diaryl/α,β-unsaturated/α-hetero) is 1. The summed E-state index contributed by atoms with van der Waals surface area (Å²) in [6.45, 7) is 3.49. The summed E-state index contributed by atoms with van der Waals surface area (Å²) in [5.41, 5.74) is 22.5. The fourth-order valence-electron chi connectivity index (χ4n) is 5.33. The van der Waals surface area contributed by atoms with E-state index in [-0.39, 0.29) is 5.78 Å². The zero-order valence-electron chi connectivity index (χ0n) is 33.5. The Labute approximate surface area is 366 Å².